The van der Waals surface area contributed by atoms with E-state index in [1.165, 1.54) is 0 Å². The fourth-order valence-electron chi connectivity index (χ4n) is 16.5. The van der Waals surface area contributed by atoms with E-state index in [4.69, 9.17) is 4.11 Å². The summed E-state index contributed by atoms with van der Waals surface area (Å²) in [5.41, 5.74) is 18.3. The van der Waals surface area contributed by atoms with Crippen LogP contribution in [0.2, 0.25) is 0 Å². The van der Waals surface area contributed by atoms with Crippen molar-refractivity contribution in [2.45, 2.75) is 52.4 Å². The number of anilines is 9. The van der Waals surface area contributed by atoms with Crippen molar-refractivity contribution in [3.05, 3.63) is 387 Å². The van der Waals surface area contributed by atoms with Gasteiger partial charge >= 0.3 is 0 Å². The molecule has 20 rings (SSSR count). The van der Waals surface area contributed by atoms with E-state index >= 15 is 0 Å². The summed E-state index contributed by atoms with van der Waals surface area (Å²) in [6, 6.07) is 82.7. The minimum atomic E-state index is -0.739. The fourth-order valence-corrected chi connectivity index (χ4v) is 16.5. The van der Waals surface area contributed by atoms with E-state index in [0.29, 0.717) is 50.7 Å². The van der Waals surface area contributed by atoms with Gasteiger partial charge in [-0.3, -0.25) is 0 Å². The number of benzene rings is 16. The SMILES string of the molecule is [2H]c1c([2H])c([2H])c(N(c2ccccc2)c2ccc3c(c2)c2c([2H])c([2H])c([2H])c([2H])c2n3-c2ccc3c(c2)N(c2cc(-c4ccccc4)cc(-c4ccccc4)c2)c2cc(-n4c5c([2H])c([2H])c([2H])c([2H])c5c5c([2H])c([2H])c([2H])c([2H])c54)cc4c2B3c2ccc(-c3cccc(C(C)(C)C)c3)cc2N4c2c(-c3ccccc3)cc(C(C)(C)C)cc2-c2ccccc2)c([2H])c1[2H]. The summed E-state index contributed by atoms with van der Waals surface area (Å²) in [5, 5.41) is 0.273. The summed E-state index contributed by atoms with van der Waals surface area (Å²) in [4.78, 5) is 6.12. The highest BCUT2D eigenvalue weighted by Crippen LogP contribution is 2.54. The maximum absolute atomic E-state index is 10.2. The Labute approximate surface area is 668 Å². The Morgan fingerprint density at radius 1 is 0.282 bits per heavy atom. The van der Waals surface area contributed by atoms with Crippen LogP contribution in [0.1, 0.15) is 76.0 Å². The van der Waals surface area contributed by atoms with Gasteiger partial charge in [-0.2, -0.15) is 0 Å². The Bertz CT molecular complexity index is 7480. The van der Waals surface area contributed by atoms with Crippen molar-refractivity contribution in [1.82, 2.24) is 9.13 Å². The lowest BCUT2D eigenvalue weighted by atomic mass is 9.33. The van der Waals surface area contributed by atoms with Gasteiger partial charge < -0.3 is 23.8 Å². The van der Waals surface area contributed by atoms with Gasteiger partial charge in [-0.05, 0) is 204 Å². The Morgan fingerprint density at radius 2 is 0.745 bits per heavy atom. The summed E-state index contributed by atoms with van der Waals surface area (Å²) in [7, 11) is 0. The van der Waals surface area contributed by atoms with Crippen LogP contribution in [0.5, 0.6) is 0 Å². The third kappa shape index (κ3) is 11.1. The molecule has 5 nitrogen and oxygen atoms in total. The zero-order valence-electron chi connectivity index (χ0n) is 78.3. The molecule has 0 bridgehead atoms. The number of hydrogen-bond donors (Lipinski definition) is 0. The molecule has 0 fully saturated rings. The van der Waals surface area contributed by atoms with E-state index in [2.05, 4.69) is 179 Å². The predicted octanol–water partition coefficient (Wildman–Crippen LogP) is 26.4. The van der Waals surface area contributed by atoms with Gasteiger partial charge in [-0.15, -0.1) is 0 Å². The molecule has 4 heterocycles. The molecule has 0 radical (unpaired) electrons. The minimum Gasteiger partial charge on any atom is -0.311 e. The van der Waals surface area contributed by atoms with Gasteiger partial charge in [-0.1, -0.05) is 296 Å². The molecular formula is C104H80BN5. The second-order valence-electron chi connectivity index (χ2n) is 30.4. The van der Waals surface area contributed by atoms with Gasteiger partial charge in [0.15, 0.2) is 0 Å². The Hall–Kier alpha value is -13.4. The first-order valence-electron chi connectivity index (χ1n) is 45.6. The average Bonchev–Trinajstić information content (AvgIpc) is 1.67. The van der Waals surface area contributed by atoms with Crippen molar-refractivity contribution in [3.8, 4) is 67.0 Å². The van der Waals surface area contributed by atoms with Crippen LogP contribution in [-0.2, 0) is 10.8 Å². The largest absolute Gasteiger partial charge is 0.311 e. The van der Waals surface area contributed by atoms with Gasteiger partial charge in [0, 0.05) is 83.9 Å². The highest BCUT2D eigenvalue weighted by Gasteiger charge is 2.46. The van der Waals surface area contributed by atoms with E-state index < -0.39 is 103 Å². The molecule has 0 spiro atoms. The van der Waals surface area contributed by atoms with Gasteiger partial charge in [0.05, 0.1) is 56.7 Å². The molecule has 18 aromatic rings. The molecule has 0 saturated heterocycles. The number of fused-ring (bicyclic) bond motifs is 10. The zero-order valence-corrected chi connectivity index (χ0v) is 61.3. The molecule has 2 aliphatic rings. The highest BCUT2D eigenvalue weighted by atomic mass is 15.2. The van der Waals surface area contributed by atoms with E-state index in [1.54, 1.807) is 58.0 Å². The lowest BCUT2D eigenvalue weighted by Crippen LogP contribution is -2.61. The molecule has 6 heteroatoms. The molecular weight excluding hydrogens is 1330 g/mol. The molecule has 0 N–H and O–H groups in total. The first-order valence-corrected chi connectivity index (χ1v) is 37.1. The van der Waals surface area contributed by atoms with Crippen LogP contribution in [-0.4, -0.2) is 15.8 Å². The van der Waals surface area contributed by atoms with E-state index in [0.717, 1.165) is 94.5 Å². The van der Waals surface area contributed by atoms with Crippen LogP contribution in [0.3, 0.4) is 0 Å². The molecule has 110 heavy (non-hydrogen) atoms. The van der Waals surface area contributed by atoms with Crippen molar-refractivity contribution >= 4 is 118 Å². The van der Waals surface area contributed by atoms with Crippen LogP contribution in [0, 0.1) is 0 Å². The Balaban J connectivity index is 0.984. The molecule has 524 valence electrons. The number of rotatable bonds is 12. The lowest BCUT2D eigenvalue weighted by molar-refractivity contribution is 0.590. The van der Waals surface area contributed by atoms with Crippen molar-refractivity contribution in [3.63, 3.8) is 0 Å². The Kier molecular flexibility index (Phi) is 12.0. The van der Waals surface area contributed by atoms with Crippen molar-refractivity contribution in [2.24, 2.45) is 0 Å². The van der Waals surface area contributed by atoms with Gasteiger partial charge in [0.2, 0.25) is 0 Å². The number of aromatic nitrogens is 2. The van der Waals surface area contributed by atoms with Gasteiger partial charge in [0.25, 0.3) is 6.71 Å². The zero-order chi connectivity index (χ0) is 88.7. The summed E-state index contributed by atoms with van der Waals surface area (Å²) >= 11 is 0. The molecule has 16 aromatic carbocycles. The van der Waals surface area contributed by atoms with Crippen LogP contribution in [0.25, 0.3) is 111 Å². The molecule has 0 amide bonds. The summed E-state index contributed by atoms with van der Waals surface area (Å²) in [6.07, 6.45) is 0. The summed E-state index contributed by atoms with van der Waals surface area (Å²) < 4.78 is 166. The monoisotopic (exact) mass is 1430 g/mol. The van der Waals surface area contributed by atoms with Crippen molar-refractivity contribution in [1.29, 1.82) is 0 Å². The summed E-state index contributed by atoms with van der Waals surface area (Å²) in [6.45, 7) is 12.5. The van der Waals surface area contributed by atoms with Crippen LogP contribution in [0.4, 0.5) is 51.2 Å². The van der Waals surface area contributed by atoms with E-state index in [9.17, 15) is 19.2 Å². The normalized spacial score (nSPS) is 14.7. The van der Waals surface area contributed by atoms with Crippen molar-refractivity contribution < 1.29 is 23.3 Å². The molecule has 0 atom stereocenters. The molecule has 0 unspecified atom stereocenters. The van der Waals surface area contributed by atoms with Crippen LogP contribution >= 0.6 is 0 Å². The van der Waals surface area contributed by atoms with E-state index in [1.807, 2.05) is 102 Å². The first-order chi connectivity index (χ1) is 60.9. The van der Waals surface area contributed by atoms with Gasteiger partial charge in [0.1, 0.15) is 0 Å². The number of hydrogen-bond acceptors (Lipinski definition) is 3. The third-order valence-corrected chi connectivity index (χ3v) is 21.8. The fraction of sp³-hybridized carbons (Fsp3) is 0.0769. The van der Waals surface area contributed by atoms with Crippen molar-refractivity contribution in [2.75, 3.05) is 14.7 Å². The molecule has 0 aliphatic carbocycles. The van der Waals surface area contributed by atoms with E-state index in [-0.39, 0.29) is 61.6 Å². The smallest absolute Gasteiger partial charge is 0.252 e. The average molecular weight is 1430 g/mol. The molecule has 2 aliphatic heterocycles. The van der Waals surface area contributed by atoms with Gasteiger partial charge in [-0.25, -0.2) is 0 Å². The molecule has 0 saturated carbocycles. The van der Waals surface area contributed by atoms with Crippen LogP contribution in [0.15, 0.2) is 376 Å². The quantitative estimate of drug-likeness (QED) is 0.114. The first kappa shape index (κ1) is 50.2. The maximum atomic E-state index is 10.2. The molecule has 2 aromatic heterocycles. The minimum absolute atomic E-state index is 0.0910. The second-order valence-corrected chi connectivity index (χ2v) is 30.4. The Morgan fingerprint density at radius 3 is 1.31 bits per heavy atom. The topological polar surface area (TPSA) is 19.6 Å². The number of nitrogens with zero attached hydrogens (tertiary/aromatic N) is 5. The number of para-hydroxylation sites is 5. The third-order valence-electron chi connectivity index (χ3n) is 21.8. The maximum Gasteiger partial charge on any atom is 0.252 e. The lowest BCUT2D eigenvalue weighted by Gasteiger charge is -2.45. The summed E-state index contributed by atoms with van der Waals surface area (Å²) in [5.74, 6) is 0. The predicted molar refractivity (Wildman–Crippen MR) is 468 cm³/mol. The second kappa shape index (κ2) is 26.2. The standard InChI is InChI=1S/C104H80BN5/c1-103(2,3)77-41-31-40-73(59-77)74-52-55-91-97(62-74)110(102-88(71-36-17-9-18-37-71)63-78(104(4,5)6)64-89(102)72-38-19-10-20-39-72)100-68-84(108-93-49-28-25-46-85(93)86-47-26-29-50-94(86)108)67-99-101(100)105(91)92-56-53-82(66-98(92)109(99)83-60-75(69-32-13-7-14-33-69)58-76(61-83)70-34-15-8-16-35-70)107-95-51-30-27-48-87(95)90-65-81(54-57-96(90)107)106(79-42-21-11-22-43-79)80-44-23-12-24-45-80/h7-68H,1-6H3/i11D,21D,22D,25D,26D,27D,28D,29D,30D,42D,43D,46D,47D,48D,49D,50D,51D. The highest BCUT2D eigenvalue weighted by molar-refractivity contribution is 7.00. The van der Waals surface area contributed by atoms with Crippen LogP contribution < -0.4 is 31.1 Å².